The van der Waals surface area contributed by atoms with Crippen molar-refractivity contribution >= 4 is 17.7 Å². The number of halogens is 6. The van der Waals surface area contributed by atoms with E-state index < -0.39 is 17.7 Å². The summed E-state index contributed by atoms with van der Waals surface area (Å²) < 4.78 is 81.1. The van der Waals surface area contributed by atoms with Gasteiger partial charge >= 0.3 is 68.7 Å². The van der Waals surface area contributed by atoms with E-state index in [0.717, 1.165) is 0 Å². The predicted molar refractivity (Wildman–Crippen MR) is 35.1 cm³/mol. The van der Waals surface area contributed by atoms with Crippen LogP contribution in [0.3, 0.4) is 0 Å². The van der Waals surface area contributed by atoms with Crippen LogP contribution in [0, 0.1) is 20.0 Å². The van der Waals surface area contributed by atoms with E-state index in [0.29, 0.717) is 0 Å². The van der Waals surface area contributed by atoms with Crippen LogP contribution in [0.4, 0.5) is 25.2 Å². The maximum atomic E-state index is 9.77. The maximum Gasteiger partial charge on any atom is 3.00 e. The first kappa shape index (κ1) is 36.2. The molecule has 0 fully saturated rings. The SMILES string of the molecule is F[PH+](F)F.F[PH+](F)F.[C-]#[O+].[C-]#[O+].[C-]#[O+].[Fe+3]. The van der Waals surface area contributed by atoms with Gasteiger partial charge in [-0.2, -0.15) is 0 Å². The smallest absolute Gasteiger partial charge is 3.00 e. The van der Waals surface area contributed by atoms with Crippen molar-refractivity contribution in [3.05, 3.63) is 20.0 Å². The maximum absolute atomic E-state index is 9.77. The first-order valence-corrected chi connectivity index (χ1v) is 4.01. The van der Waals surface area contributed by atoms with E-state index in [1.165, 1.54) is 0 Å². The Morgan fingerprint density at radius 3 is 0.533 bits per heavy atom. The molecule has 15 heavy (non-hydrogen) atoms. The second kappa shape index (κ2) is 64.5. The number of hydrogen-bond donors (Lipinski definition) is 0. The van der Waals surface area contributed by atoms with E-state index in [9.17, 15) is 25.2 Å². The van der Waals surface area contributed by atoms with Crippen molar-refractivity contribution < 1.29 is 56.2 Å². The monoisotopic (exact) mass is 318 g/mol. The summed E-state index contributed by atoms with van der Waals surface area (Å²) in [6, 6.07) is 0. The molecule has 0 bridgehead atoms. The van der Waals surface area contributed by atoms with Gasteiger partial charge < -0.3 is 0 Å². The summed E-state index contributed by atoms with van der Waals surface area (Å²) in [6.07, 6.45) is 0. The van der Waals surface area contributed by atoms with Gasteiger partial charge in [0.25, 0.3) is 0 Å². The molecule has 12 heteroatoms. The molecule has 0 aromatic rings. The van der Waals surface area contributed by atoms with Crippen LogP contribution in [0.25, 0.3) is 0 Å². The fraction of sp³-hybridized carbons (Fsp3) is 0. The molecule has 0 spiro atoms. The molecule has 0 unspecified atom stereocenters. The average molecular weight is 318 g/mol. The fourth-order valence-corrected chi connectivity index (χ4v) is 0. The van der Waals surface area contributed by atoms with Gasteiger partial charge in [-0.3, -0.25) is 0 Å². The molecule has 0 heterocycles. The quantitative estimate of drug-likeness (QED) is 0.215. The summed E-state index contributed by atoms with van der Waals surface area (Å²) in [4.78, 5) is 0. The third-order valence-electron chi connectivity index (χ3n) is 0. The standard InChI is InChI=1S/3CO.2F3HP.Fe/c3*1-2;2*1-4(2)3;/h;;;2*4H;/q;;;2*+1;+3. The van der Waals surface area contributed by atoms with Crippen molar-refractivity contribution in [2.45, 2.75) is 0 Å². The minimum atomic E-state index is -4.38. The van der Waals surface area contributed by atoms with Crippen LogP contribution < -0.4 is 0 Å². The Kier molecular flexibility index (Phi) is 156. The zero-order chi connectivity index (χ0) is 13.2. The molecule has 0 aliphatic heterocycles. The van der Waals surface area contributed by atoms with E-state index in [1.54, 1.807) is 0 Å². The molecular weight excluding hydrogens is 316 g/mol. The zero-order valence-corrected chi connectivity index (χ0v) is 9.45. The van der Waals surface area contributed by atoms with E-state index in [-0.39, 0.29) is 17.1 Å². The van der Waals surface area contributed by atoms with Crippen molar-refractivity contribution in [3.8, 4) is 0 Å². The zero-order valence-electron chi connectivity index (χ0n) is 6.35. The van der Waals surface area contributed by atoms with Crippen molar-refractivity contribution in [2.75, 3.05) is 0 Å². The van der Waals surface area contributed by atoms with Crippen LogP contribution in [0.5, 0.6) is 0 Å². The molecule has 0 saturated heterocycles. The van der Waals surface area contributed by atoms with Crippen molar-refractivity contribution in [1.82, 2.24) is 0 Å². The number of rotatable bonds is 0. The third kappa shape index (κ3) is 65300. The minimum Gasteiger partial charge on any atom is 3.00 e. The first-order chi connectivity index (χ1) is 6.46. The summed E-state index contributed by atoms with van der Waals surface area (Å²) in [5.74, 6) is 0. The Balaban J connectivity index is -0.0000000175. The van der Waals surface area contributed by atoms with Crippen molar-refractivity contribution in [1.29, 1.82) is 0 Å². The van der Waals surface area contributed by atoms with Gasteiger partial charge in [-0.05, 0) is 0 Å². The molecule has 0 aliphatic carbocycles. The molecular formula is C3H2F6FeO3P2+5. The summed E-state index contributed by atoms with van der Waals surface area (Å²) in [7, 11) is -8.76. The second-order valence-corrected chi connectivity index (χ2v) is 1.29. The predicted octanol–water partition coefficient (Wildman–Crippen LogP) is 3.59. The van der Waals surface area contributed by atoms with Crippen molar-refractivity contribution in [2.24, 2.45) is 0 Å². The van der Waals surface area contributed by atoms with Gasteiger partial charge in [-0.25, -0.2) is 0 Å². The van der Waals surface area contributed by atoms with Crippen molar-refractivity contribution in [3.63, 3.8) is 0 Å². The Morgan fingerprint density at radius 2 is 0.533 bits per heavy atom. The molecule has 0 rings (SSSR count). The molecule has 0 aliphatic rings. The normalized spacial score (nSPS) is 5.20. The largest absolute Gasteiger partial charge is 3.00 e. The Morgan fingerprint density at radius 1 is 0.533 bits per heavy atom. The number of hydrogen-bond acceptors (Lipinski definition) is 0. The summed E-state index contributed by atoms with van der Waals surface area (Å²) in [6.45, 7) is 13.5. The van der Waals surface area contributed by atoms with Gasteiger partial charge in [0.2, 0.25) is 0 Å². The molecule has 0 aromatic heterocycles. The minimum absolute atomic E-state index is 0. The van der Waals surface area contributed by atoms with Crippen LogP contribution in [-0.4, -0.2) is 0 Å². The summed E-state index contributed by atoms with van der Waals surface area (Å²) >= 11 is 0. The van der Waals surface area contributed by atoms with Crippen LogP contribution in [0.2, 0.25) is 0 Å². The summed E-state index contributed by atoms with van der Waals surface area (Å²) in [5, 5.41) is 0. The van der Waals surface area contributed by atoms with Gasteiger partial charge in [0.1, 0.15) is 0 Å². The summed E-state index contributed by atoms with van der Waals surface area (Å²) in [5.41, 5.74) is 0. The van der Waals surface area contributed by atoms with E-state index in [1.807, 2.05) is 0 Å². The molecule has 0 amide bonds. The van der Waals surface area contributed by atoms with E-state index >= 15 is 0 Å². The topological polar surface area (TPSA) is 59.7 Å². The van der Waals surface area contributed by atoms with Crippen LogP contribution in [0.1, 0.15) is 0 Å². The Labute approximate surface area is 94.5 Å². The molecule has 0 saturated carbocycles. The third-order valence-corrected chi connectivity index (χ3v) is 0. The molecule has 0 aromatic carbocycles. The first-order valence-electron chi connectivity index (χ1n) is 1.75. The molecule has 87 valence electrons. The molecule has 1 radical (unpaired) electrons. The average Bonchev–Trinajstić information content (AvgIpc) is 2.12. The van der Waals surface area contributed by atoms with Crippen LogP contribution in [0.15, 0.2) is 0 Å². The van der Waals surface area contributed by atoms with Gasteiger partial charge in [0.15, 0.2) is 0 Å². The molecule has 3 nitrogen and oxygen atoms in total. The van der Waals surface area contributed by atoms with Gasteiger partial charge in [0.05, 0.1) is 0 Å². The van der Waals surface area contributed by atoms with Gasteiger partial charge in [-0.1, -0.05) is 0 Å². The van der Waals surface area contributed by atoms with E-state index in [4.69, 9.17) is 14.0 Å². The van der Waals surface area contributed by atoms with Crippen LogP contribution in [-0.2, 0) is 31.0 Å². The fourth-order valence-electron chi connectivity index (χ4n) is 0. The van der Waals surface area contributed by atoms with E-state index in [2.05, 4.69) is 20.0 Å². The van der Waals surface area contributed by atoms with Gasteiger partial charge in [0, 0.05) is 25.2 Å². The van der Waals surface area contributed by atoms with Gasteiger partial charge in [-0.15, -0.1) is 0 Å². The molecule has 0 atom stereocenters. The Bertz CT molecular complexity index is 105. The Hall–Kier alpha value is 0.179. The second-order valence-electron chi connectivity index (χ2n) is 0.429. The van der Waals surface area contributed by atoms with Crippen LogP contribution >= 0.6 is 17.7 Å². The molecule has 0 N–H and O–H groups in total.